The minimum absolute atomic E-state index is 0.116. The van der Waals surface area contributed by atoms with Crippen molar-refractivity contribution in [3.63, 3.8) is 0 Å². The highest BCUT2D eigenvalue weighted by atomic mass is 16.5. The Hall–Kier alpha value is -2.74. The van der Waals surface area contributed by atoms with E-state index in [0.29, 0.717) is 13.2 Å². The van der Waals surface area contributed by atoms with E-state index < -0.39 is 0 Å². The summed E-state index contributed by atoms with van der Waals surface area (Å²) < 4.78 is 10.7. The fourth-order valence-electron chi connectivity index (χ4n) is 3.19. The molecule has 1 saturated heterocycles. The lowest BCUT2D eigenvalue weighted by Crippen LogP contribution is -2.38. The van der Waals surface area contributed by atoms with Crippen molar-refractivity contribution in [2.75, 3.05) is 61.2 Å². The molecule has 0 radical (unpaired) electrons. The van der Waals surface area contributed by atoms with Gasteiger partial charge in [-0.15, -0.1) is 0 Å². The highest BCUT2D eigenvalue weighted by molar-refractivity contribution is 5.81. The summed E-state index contributed by atoms with van der Waals surface area (Å²) >= 11 is 0. The third-order valence-corrected chi connectivity index (χ3v) is 4.53. The Balaban J connectivity index is 1.64. The van der Waals surface area contributed by atoms with Crippen LogP contribution in [0.2, 0.25) is 0 Å². The number of nitrogens with zero attached hydrogens (tertiary/aromatic N) is 3. The molecule has 2 aromatic rings. The first-order valence-electron chi connectivity index (χ1n) is 8.39. The summed E-state index contributed by atoms with van der Waals surface area (Å²) in [5.74, 6) is 2.70. The number of hydrogen-bond donors (Lipinski definition) is 3. The number of aromatic nitrogens is 2. The molecule has 1 unspecified atom stereocenters. The Bertz CT molecular complexity index is 746. The molecule has 4 rings (SSSR count). The van der Waals surface area contributed by atoms with Gasteiger partial charge in [-0.05, 0) is 17.7 Å². The number of ether oxygens (including phenoxy) is 2. The molecule has 8 heteroatoms. The average Bonchev–Trinajstić information content (AvgIpc) is 2.68. The predicted molar refractivity (Wildman–Crippen MR) is 97.3 cm³/mol. The Kier molecular flexibility index (Phi) is 4.19. The maximum absolute atomic E-state index is 5.91. The number of anilines is 4. The van der Waals surface area contributed by atoms with Crippen molar-refractivity contribution in [1.82, 2.24) is 9.97 Å². The first kappa shape index (κ1) is 15.8. The topological polar surface area (TPSA) is 97.6 Å². The fourth-order valence-corrected chi connectivity index (χ4v) is 3.19. The standard InChI is InChI=1S/C17H22N6O2/c1-24-12-4-2-11(3-5-12)13-10-19-15-14(20-13)16(22-17(18)21-15)23-6-8-25-9-7-23/h2-5,13,20H,6-10H2,1H3,(H3,18,19,21,22). The van der Waals surface area contributed by atoms with E-state index in [2.05, 4.69) is 37.6 Å². The van der Waals surface area contributed by atoms with Crippen molar-refractivity contribution < 1.29 is 9.47 Å². The van der Waals surface area contributed by atoms with E-state index in [-0.39, 0.29) is 12.0 Å². The van der Waals surface area contributed by atoms with E-state index in [1.807, 2.05) is 12.1 Å². The van der Waals surface area contributed by atoms with Gasteiger partial charge < -0.3 is 30.7 Å². The summed E-state index contributed by atoms with van der Waals surface area (Å²) in [6.45, 7) is 3.68. The van der Waals surface area contributed by atoms with Gasteiger partial charge in [-0.2, -0.15) is 9.97 Å². The second kappa shape index (κ2) is 6.64. The first-order valence-corrected chi connectivity index (χ1v) is 8.39. The summed E-state index contributed by atoms with van der Waals surface area (Å²) in [6, 6.07) is 8.18. The quantitative estimate of drug-likeness (QED) is 0.772. The van der Waals surface area contributed by atoms with Crippen LogP contribution in [0.3, 0.4) is 0 Å². The van der Waals surface area contributed by atoms with Gasteiger partial charge in [-0.3, -0.25) is 0 Å². The molecule has 132 valence electrons. The largest absolute Gasteiger partial charge is 0.497 e. The smallest absolute Gasteiger partial charge is 0.224 e. The number of fused-ring (bicyclic) bond motifs is 1. The van der Waals surface area contributed by atoms with Crippen molar-refractivity contribution in [2.45, 2.75) is 6.04 Å². The van der Waals surface area contributed by atoms with Crippen molar-refractivity contribution in [3.8, 4) is 5.75 Å². The molecule has 1 aromatic carbocycles. The Labute approximate surface area is 146 Å². The van der Waals surface area contributed by atoms with Gasteiger partial charge in [0.05, 0.1) is 26.4 Å². The van der Waals surface area contributed by atoms with E-state index in [4.69, 9.17) is 15.2 Å². The van der Waals surface area contributed by atoms with Crippen LogP contribution in [0.15, 0.2) is 24.3 Å². The van der Waals surface area contributed by atoms with Gasteiger partial charge in [0.1, 0.15) is 11.4 Å². The van der Waals surface area contributed by atoms with Crippen molar-refractivity contribution in [1.29, 1.82) is 0 Å². The van der Waals surface area contributed by atoms with Gasteiger partial charge in [0, 0.05) is 19.6 Å². The molecule has 1 atom stereocenters. The number of benzene rings is 1. The second-order valence-corrected chi connectivity index (χ2v) is 6.08. The number of methoxy groups -OCH3 is 1. The monoisotopic (exact) mass is 342 g/mol. The molecule has 0 aliphatic carbocycles. The molecule has 2 aliphatic heterocycles. The molecular formula is C17H22N6O2. The van der Waals surface area contributed by atoms with E-state index in [0.717, 1.165) is 42.7 Å². The molecule has 2 aliphatic rings. The van der Waals surface area contributed by atoms with E-state index in [1.165, 1.54) is 5.56 Å². The molecule has 25 heavy (non-hydrogen) atoms. The third-order valence-electron chi connectivity index (χ3n) is 4.53. The molecular weight excluding hydrogens is 320 g/mol. The Morgan fingerprint density at radius 1 is 1.20 bits per heavy atom. The number of nitrogens with one attached hydrogen (secondary N) is 2. The Morgan fingerprint density at radius 2 is 1.96 bits per heavy atom. The molecule has 0 saturated carbocycles. The van der Waals surface area contributed by atoms with Crippen molar-refractivity contribution >= 4 is 23.3 Å². The van der Waals surface area contributed by atoms with Crippen LogP contribution in [0.1, 0.15) is 11.6 Å². The van der Waals surface area contributed by atoms with Crippen LogP contribution in [0.4, 0.5) is 23.3 Å². The predicted octanol–water partition coefficient (Wildman–Crippen LogP) is 1.48. The molecule has 1 aromatic heterocycles. The van der Waals surface area contributed by atoms with Crippen LogP contribution in [-0.2, 0) is 4.74 Å². The van der Waals surface area contributed by atoms with Crippen molar-refractivity contribution in [2.24, 2.45) is 0 Å². The van der Waals surface area contributed by atoms with Gasteiger partial charge in [-0.25, -0.2) is 0 Å². The van der Waals surface area contributed by atoms with E-state index >= 15 is 0 Å². The number of nitrogens with two attached hydrogens (primary N) is 1. The highest BCUT2D eigenvalue weighted by Gasteiger charge is 2.27. The molecule has 3 heterocycles. The van der Waals surface area contributed by atoms with Crippen molar-refractivity contribution in [3.05, 3.63) is 29.8 Å². The molecule has 0 spiro atoms. The summed E-state index contributed by atoms with van der Waals surface area (Å²) in [4.78, 5) is 11.0. The van der Waals surface area contributed by atoms with Crippen LogP contribution in [0.5, 0.6) is 5.75 Å². The van der Waals surface area contributed by atoms with Crippen LogP contribution in [0.25, 0.3) is 0 Å². The molecule has 0 bridgehead atoms. The lowest BCUT2D eigenvalue weighted by atomic mass is 10.0. The maximum Gasteiger partial charge on any atom is 0.224 e. The lowest BCUT2D eigenvalue weighted by molar-refractivity contribution is 0.122. The van der Waals surface area contributed by atoms with Crippen LogP contribution < -0.4 is 26.0 Å². The number of morpholine rings is 1. The Morgan fingerprint density at radius 3 is 2.68 bits per heavy atom. The first-order chi connectivity index (χ1) is 12.2. The number of nitrogen functional groups attached to an aromatic ring is 1. The SMILES string of the molecule is COc1ccc(C2CNc3nc(N)nc(N4CCOCC4)c3N2)cc1. The maximum atomic E-state index is 5.91. The normalized spacial score (nSPS) is 19.6. The number of hydrogen-bond acceptors (Lipinski definition) is 8. The van der Waals surface area contributed by atoms with Gasteiger partial charge >= 0.3 is 0 Å². The van der Waals surface area contributed by atoms with E-state index in [9.17, 15) is 0 Å². The highest BCUT2D eigenvalue weighted by Crippen LogP contribution is 2.37. The minimum atomic E-state index is 0.116. The van der Waals surface area contributed by atoms with Crippen LogP contribution in [-0.4, -0.2) is 49.9 Å². The zero-order valence-corrected chi connectivity index (χ0v) is 14.2. The van der Waals surface area contributed by atoms with E-state index in [1.54, 1.807) is 7.11 Å². The molecule has 8 nitrogen and oxygen atoms in total. The second-order valence-electron chi connectivity index (χ2n) is 6.08. The third kappa shape index (κ3) is 3.12. The zero-order chi connectivity index (χ0) is 17.2. The van der Waals surface area contributed by atoms with Crippen LogP contribution in [0, 0.1) is 0 Å². The number of rotatable bonds is 3. The lowest BCUT2D eigenvalue weighted by Gasteiger charge is -2.34. The summed E-state index contributed by atoms with van der Waals surface area (Å²) in [7, 11) is 1.67. The molecule has 1 fully saturated rings. The van der Waals surface area contributed by atoms with Gasteiger partial charge in [-0.1, -0.05) is 12.1 Å². The minimum Gasteiger partial charge on any atom is -0.497 e. The van der Waals surface area contributed by atoms with Gasteiger partial charge in [0.15, 0.2) is 11.6 Å². The fraction of sp³-hybridized carbons (Fsp3) is 0.412. The van der Waals surface area contributed by atoms with Gasteiger partial charge in [0.2, 0.25) is 5.95 Å². The molecule has 0 amide bonds. The summed E-state index contributed by atoms with van der Waals surface area (Å²) in [5.41, 5.74) is 7.97. The molecule has 4 N–H and O–H groups in total. The average molecular weight is 342 g/mol. The summed E-state index contributed by atoms with van der Waals surface area (Å²) in [5, 5.41) is 6.95. The van der Waals surface area contributed by atoms with Gasteiger partial charge in [0.25, 0.3) is 0 Å². The zero-order valence-electron chi connectivity index (χ0n) is 14.2. The summed E-state index contributed by atoms with van der Waals surface area (Å²) in [6.07, 6.45) is 0. The van der Waals surface area contributed by atoms with Crippen LogP contribution >= 0.6 is 0 Å².